The maximum atomic E-state index is 6.54. The van der Waals surface area contributed by atoms with Crippen molar-refractivity contribution in [1.29, 1.82) is 0 Å². The van der Waals surface area contributed by atoms with E-state index in [0.29, 0.717) is 29.4 Å². The molecule has 180 valence electrons. The summed E-state index contributed by atoms with van der Waals surface area (Å²) in [6, 6.07) is 15.0. The lowest BCUT2D eigenvalue weighted by molar-refractivity contribution is -0.0302. The molecule has 3 heterocycles. The highest BCUT2D eigenvalue weighted by molar-refractivity contribution is 6.33. The van der Waals surface area contributed by atoms with E-state index < -0.39 is 0 Å². The van der Waals surface area contributed by atoms with Gasteiger partial charge in [-0.25, -0.2) is 15.0 Å². The third kappa shape index (κ3) is 5.13. The second kappa shape index (κ2) is 10.7. The number of aromatic nitrogens is 4. The van der Waals surface area contributed by atoms with Crippen molar-refractivity contribution in [1.82, 2.24) is 19.5 Å². The molecule has 0 radical (unpaired) electrons. The summed E-state index contributed by atoms with van der Waals surface area (Å²) < 4.78 is 18.4. The van der Waals surface area contributed by atoms with E-state index in [1.165, 1.54) is 0 Å². The molecule has 0 aliphatic carbocycles. The molecule has 0 bridgehead atoms. The molecule has 0 N–H and O–H groups in total. The number of hydrogen-bond acceptors (Lipinski definition) is 6. The van der Waals surface area contributed by atoms with Crippen molar-refractivity contribution in [2.45, 2.75) is 25.5 Å². The predicted molar refractivity (Wildman–Crippen MR) is 137 cm³/mol. The van der Waals surface area contributed by atoms with Gasteiger partial charge in [0.15, 0.2) is 16.6 Å². The Balaban J connectivity index is 1.56. The Labute approximate surface area is 214 Å². The summed E-state index contributed by atoms with van der Waals surface area (Å²) in [5.41, 5.74) is 2.67. The average molecular weight is 499 g/mol. The van der Waals surface area contributed by atoms with Crippen LogP contribution in [-0.2, 0) is 4.74 Å². The normalized spacial score (nSPS) is 14.9. The fourth-order valence-electron chi connectivity index (χ4n) is 3.89. The zero-order valence-electron chi connectivity index (χ0n) is 19.9. The maximum Gasteiger partial charge on any atom is 0.208 e. The average Bonchev–Trinajstić information content (AvgIpc) is 3.30. The lowest BCUT2D eigenvalue weighted by Crippen LogP contribution is -2.20. The Morgan fingerprint density at radius 3 is 2.06 bits per heavy atom. The molecule has 7 nitrogen and oxygen atoms in total. The van der Waals surface area contributed by atoms with Crippen molar-refractivity contribution in [3.8, 4) is 35.2 Å². The van der Waals surface area contributed by atoms with Gasteiger partial charge in [-0.15, -0.1) is 0 Å². The standard InChI is InChI=1S/C28H23ClN4O3/c1-34-21-12-6-19(7-13-21)10-16-23-30-27(29)26-28(31-23)33(25-5-3-4-18-36-25)24(32-26)17-11-20-8-14-22(35-2)15-9-20/h6-9,12-15,25H,3-5,18H2,1-2H3. The topological polar surface area (TPSA) is 71.3 Å². The van der Waals surface area contributed by atoms with Crippen LogP contribution >= 0.6 is 11.6 Å². The summed E-state index contributed by atoms with van der Waals surface area (Å²) >= 11 is 6.54. The summed E-state index contributed by atoms with van der Waals surface area (Å²) in [6.07, 6.45) is 2.65. The Hall–Kier alpha value is -4.04. The molecule has 1 saturated heterocycles. The van der Waals surface area contributed by atoms with E-state index in [1.54, 1.807) is 14.2 Å². The monoisotopic (exact) mass is 498 g/mol. The minimum atomic E-state index is -0.239. The fraction of sp³-hybridized carbons (Fsp3) is 0.250. The molecule has 36 heavy (non-hydrogen) atoms. The van der Waals surface area contributed by atoms with E-state index in [9.17, 15) is 0 Å². The third-order valence-electron chi connectivity index (χ3n) is 5.76. The van der Waals surface area contributed by atoms with Crippen molar-refractivity contribution in [2.75, 3.05) is 20.8 Å². The summed E-state index contributed by atoms with van der Waals surface area (Å²) in [4.78, 5) is 13.7. The smallest absolute Gasteiger partial charge is 0.208 e. The maximum absolute atomic E-state index is 6.54. The molecule has 0 amide bonds. The number of rotatable bonds is 3. The number of fused-ring (bicyclic) bond motifs is 1. The van der Waals surface area contributed by atoms with Crippen LogP contribution in [0.25, 0.3) is 11.2 Å². The van der Waals surface area contributed by atoms with Gasteiger partial charge in [0.2, 0.25) is 5.82 Å². The van der Waals surface area contributed by atoms with Gasteiger partial charge in [0, 0.05) is 17.7 Å². The molecule has 0 spiro atoms. The second-order valence-corrected chi connectivity index (χ2v) is 8.45. The number of benzene rings is 2. The van der Waals surface area contributed by atoms with Crippen molar-refractivity contribution in [3.63, 3.8) is 0 Å². The first-order chi connectivity index (χ1) is 17.6. The van der Waals surface area contributed by atoms with Crippen molar-refractivity contribution in [2.24, 2.45) is 0 Å². The van der Waals surface area contributed by atoms with E-state index in [1.807, 2.05) is 53.1 Å². The van der Waals surface area contributed by atoms with Crippen LogP contribution in [0.15, 0.2) is 48.5 Å². The summed E-state index contributed by atoms with van der Waals surface area (Å²) in [5, 5.41) is 0.223. The first kappa shape index (κ1) is 23.7. The number of methoxy groups -OCH3 is 2. The van der Waals surface area contributed by atoms with Gasteiger partial charge in [-0.3, -0.25) is 4.57 Å². The number of imidazole rings is 1. The summed E-state index contributed by atoms with van der Waals surface area (Å²) in [5.74, 6) is 14.8. The molecular formula is C28H23ClN4O3. The quantitative estimate of drug-likeness (QED) is 0.292. The molecule has 1 unspecified atom stereocenters. The number of ether oxygens (including phenoxy) is 3. The third-order valence-corrected chi connectivity index (χ3v) is 6.02. The number of nitrogens with zero attached hydrogens (tertiary/aromatic N) is 4. The second-order valence-electron chi connectivity index (χ2n) is 8.09. The molecule has 2 aromatic carbocycles. The van der Waals surface area contributed by atoms with E-state index in [2.05, 4.69) is 33.6 Å². The lowest BCUT2D eigenvalue weighted by Gasteiger charge is -2.24. The van der Waals surface area contributed by atoms with Crippen molar-refractivity contribution in [3.05, 3.63) is 76.5 Å². The lowest BCUT2D eigenvalue weighted by atomic mass is 10.2. The van der Waals surface area contributed by atoms with Gasteiger partial charge in [-0.2, -0.15) is 0 Å². The minimum Gasteiger partial charge on any atom is -0.497 e. The zero-order valence-corrected chi connectivity index (χ0v) is 20.7. The van der Waals surface area contributed by atoms with Crippen LogP contribution in [0.5, 0.6) is 11.5 Å². The van der Waals surface area contributed by atoms with E-state index in [-0.39, 0.29) is 11.4 Å². The Bertz CT molecular complexity index is 1500. The molecule has 0 saturated carbocycles. The van der Waals surface area contributed by atoms with Crippen LogP contribution in [0.2, 0.25) is 5.15 Å². The highest BCUT2D eigenvalue weighted by Crippen LogP contribution is 2.30. The number of hydrogen-bond donors (Lipinski definition) is 0. The first-order valence-electron chi connectivity index (χ1n) is 11.5. The van der Waals surface area contributed by atoms with Crippen molar-refractivity contribution < 1.29 is 14.2 Å². The largest absolute Gasteiger partial charge is 0.497 e. The van der Waals surface area contributed by atoms with Gasteiger partial charge >= 0.3 is 0 Å². The Kier molecular flexibility index (Phi) is 7.04. The van der Waals surface area contributed by atoms with Crippen LogP contribution in [0, 0.1) is 23.7 Å². The molecule has 5 rings (SSSR count). The van der Waals surface area contributed by atoms with Crippen LogP contribution in [-0.4, -0.2) is 40.3 Å². The molecule has 1 atom stereocenters. The summed E-state index contributed by atoms with van der Waals surface area (Å²) in [7, 11) is 3.26. The SMILES string of the molecule is COc1ccc(C#Cc2nc(Cl)c3nc(C#Cc4ccc(OC)cc4)n(C4CCCCO4)c3n2)cc1. The van der Waals surface area contributed by atoms with E-state index >= 15 is 0 Å². The van der Waals surface area contributed by atoms with Crippen LogP contribution in [0.1, 0.15) is 48.3 Å². The van der Waals surface area contributed by atoms with Crippen LogP contribution in [0.3, 0.4) is 0 Å². The van der Waals surface area contributed by atoms with Crippen LogP contribution < -0.4 is 9.47 Å². The summed E-state index contributed by atoms with van der Waals surface area (Å²) in [6.45, 7) is 0.665. The first-order valence-corrected chi connectivity index (χ1v) is 11.9. The Morgan fingerprint density at radius 2 is 1.47 bits per heavy atom. The van der Waals surface area contributed by atoms with Gasteiger partial charge in [-0.05, 0) is 79.6 Å². The molecule has 1 aliphatic rings. The van der Waals surface area contributed by atoms with Gasteiger partial charge in [0.25, 0.3) is 0 Å². The van der Waals surface area contributed by atoms with Gasteiger partial charge in [-0.1, -0.05) is 23.4 Å². The zero-order chi connectivity index (χ0) is 24.9. The fourth-order valence-corrected chi connectivity index (χ4v) is 4.10. The van der Waals surface area contributed by atoms with E-state index in [4.69, 9.17) is 30.8 Å². The predicted octanol–water partition coefficient (Wildman–Crippen LogP) is 5.00. The van der Waals surface area contributed by atoms with Gasteiger partial charge < -0.3 is 14.2 Å². The molecular weight excluding hydrogens is 476 g/mol. The van der Waals surface area contributed by atoms with Crippen LogP contribution in [0.4, 0.5) is 0 Å². The highest BCUT2D eigenvalue weighted by atomic mass is 35.5. The highest BCUT2D eigenvalue weighted by Gasteiger charge is 2.24. The van der Waals surface area contributed by atoms with Gasteiger partial charge in [0.1, 0.15) is 23.2 Å². The van der Waals surface area contributed by atoms with E-state index in [0.717, 1.165) is 41.9 Å². The van der Waals surface area contributed by atoms with Crippen molar-refractivity contribution >= 4 is 22.8 Å². The Morgan fingerprint density at radius 1 is 0.833 bits per heavy atom. The molecule has 2 aromatic heterocycles. The minimum absolute atomic E-state index is 0.223. The number of halogens is 1. The molecule has 8 heteroatoms. The molecule has 1 aliphatic heterocycles. The van der Waals surface area contributed by atoms with Gasteiger partial charge in [0.05, 0.1) is 14.2 Å². The molecule has 1 fully saturated rings. The molecule has 4 aromatic rings.